The van der Waals surface area contributed by atoms with E-state index in [4.69, 9.17) is 23.2 Å². The molecule has 86 valence electrons. The largest absolute Gasteiger partial charge is 0.0955 e. The third-order valence-corrected chi connectivity index (χ3v) is 2.99. The van der Waals surface area contributed by atoms with Crippen LogP contribution < -0.4 is 0 Å². The van der Waals surface area contributed by atoms with Crippen LogP contribution in [0, 0.1) is 0 Å². The van der Waals surface area contributed by atoms with Gasteiger partial charge in [0.1, 0.15) is 0 Å². The van der Waals surface area contributed by atoms with Crippen LogP contribution in [0.4, 0.5) is 0 Å². The Labute approximate surface area is 112 Å². The van der Waals surface area contributed by atoms with Crippen LogP contribution in [-0.2, 0) is 0 Å². The van der Waals surface area contributed by atoms with E-state index in [1.54, 1.807) is 6.07 Å². The van der Waals surface area contributed by atoms with Crippen LogP contribution in [0.25, 0.3) is 16.7 Å². The average molecular weight is 263 g/mol. The van der Waals surface area contributed by atoms with E-state index in [0.717, 1.165) is 22.3 Å². The minimum absolute atomic E-state index is 0.647. The summed E-state index contributed by atoms with van der Waals surface area (Å²) < 4.78 is 0. The molecule has 0 aliphatic carbocycles. The highest BCUT2D eigenvalue weighted by molar-refractivity contribution is 6.35. The number of allylic oxidation sites excluding steroid dienone is 1. The van der Waals surface area contributed by atoms with Crippen molar-refractivity contribution in [3.63, 3.8) is 0 Å². The van der Waals surface area contributed by atoms with Gasteiger partial charge in [-0.2, -0.15) is 0 Å². The van der Waals surface area contributed by atoms with E-state index in [-0.39, 0.29) is 0 Å². The smallest absolute Gasteiger partial charge is 0.0426 e. The minimum Gasteiger partial charge on any atom is -0.0955 e. The van der Waals surface area contributed by atoms with Crippen LogP contribution in [0.15, 0.2) is 49.0 Å². The van der Waals surface area contributed by atoms with E-state index in [1.807, 2.05) is 37.3 Å². The van der Waals surface area contributed by atoms with Crippen molar-refractivity contribution >= 4 is 28.8 Å². The van der Waals surface area contributed by atoms with Crippen molar-refractivity contribution in [1.82, 2.24) is 0 Å². The van der Waals surface area contributed by atoms with Gasteiger partial charge in [-0.15, -0.1) is 0 Å². The lowest BCUT2D eigenvalue weighted by atomic mass is 10.0. The van der Waals surface area contributed by atoms with Gasteiger partial charge in [0, 0.05) is 10.0 Å². The molecule has 0 nitrogen and oxygen atoms in total. The van der Waals surface area contributed by atoms with E-state index in [9.17, 15) is 0 Å². The molecule has 0 aliphatic rings. The third-order valence-electron chi connectivity index (χ3n) is 2.55. The standard InChI is InChI=1S/C15H12Cl2/c1-10(2)11-4-3-5-12(6-11)13-7-14(16)9-15(17)8-13/h3-9H,1H2,2H3. The lowest BCUT2D eigenvalue weighted by molar-refractivity contribution is 1.55. The molecule has 0 saturated carbocycles. The zero-order valence-electron chi connectivity index (χ0n) is 9.50. The highest BCUT2D eigenvalue weighted by Crippen LogP contribution is 2.28. The summed E-state index contributed by atoms with van der Waals surface area (Å²) in [5, 5.41) is 1.29. The fraction of sp³-hybridized carbons (Fsp3) is 0.0667. The van der Waals surface area contributed by atoms with Crippen molar-refractivity contribution < 1.29 is 0 Å². The van der Waals surface area contributed by atoms with Crippen LogP contribution in [0.3, 0.4) is 0 Å². The van der Waals surface area contributed by atoms with Gasteiger partial charge in [0.05, 0.1) is 0 Å². The van der Waals surface area contributed by atoms with Gasteiger partial charge in [-0.25, -0.2) is 0 Å². The van der Waals surface area contributed by atoms with Crippen molar-refractivity contribution in [2.45, 2.75) is 6.92 Å². The molecule has 0 unspecified atom stereocenters. The second-order valence-corrected chi connectivity index (χ2v) is 4.89. The first kappa shape index (κ1) is 12.2. The third kappa shape index (κ3) is 2.91. The lowest BCUT2D eigenvalue weighted by Crippen LogP contribution is -1.82. The number of benzene rings is 2. The molecule has 0 fully saturated rings. The molecule has 2 rings (SSSR count). The van der Waals surface area contributed by atoms with Crippen LogP contribution >= 0.6 is 23.2 Å². The van der Waals surface area contributed by atoms with Crippen molar-refractivity contribution in [1.29, 1.82) is 0 Å². The van der Waals surface area contributed by atoms with Gasteiger partial charge < -0.3 is 0 Å². The SMILES string of the molecule is C=C(C)c1cccc(-c2cc(Cl)cc(Cl)c2)c1. The molecule has 0 bridgehead atoms. The van der Waals surface area contributed by atoms with Gasteiger partial charge in [0.2, 0.25) is 0 Å². The summed E-state index contributed by atoms with van der Waals surface area (Å²) in [6.45, 7) is 5.93. The van der Waals surface area contributed by atoms with Crippen molar-refractivity contribution in [2.75, 3.05) is 0 Å². The maximum absolute atomic E-state index is 6.00. The number of halogens is 2. The normalized spacial score (nSPS) is 10.3. The summed E-state index contributed by atoms with van der Waals surface area (Å²) >= 11 is 12.0. The monoisotopic (exact) mass is 262 g/mol. The van der Waals surface area contributed by atoms with Crippen LogP contribution in [0.2, 0.25) is 10.0 Å². The van der Waals surface area contributed by atoms with Crippen molar-refractivity contribution in [3.05, 3.63) is 64.7 Å². The quantitative estimate of drug-likeness (QED) is 0.652. The van der Waals surface area contributed by atoms with Gasteiger partial charge in [0.25, 0.3) is 0 Å². The molecule has 0 amide bonds. The van der Waals surface area contributed by atoms with E-state index >= 15 is 0 Å². The summed E-state index contributed by atoms with van der Waals surface area (Å²) in [4.78, 5) is 0. The first-order valence-electron chi connectivity index (χ1n) is 5.28. The van der Waals surface area contributed by atoms with Crippen molar-refractivity contribution in [2.24, 2.45) is 0 Å². The molecule has 0 aliphatic heterocycles. The van der Waals surface area contributed by atoms with Gasteiger partial charge in [-0.05, 0) is 47.9 Å². The first-order chi connectivity index (χ1) is 8.06. The minimum atomic E-state index is 0.647. The van der Waals surface area contributed by atoms with Crippen LogP contribution in [-0.4, -0.2) is 0 Å². The second-order valence-electron chi connectivity index (χ2n) is 4.02. The predicted octanol–water partition coefficient (Wildman–Crippen LogP) is 5.69. The molecule has 0 atom stereocenters. The number of hydrogen-bond acceptors (Lipinski definition) is 0. The van der Waals surface area contributed by atoms with E-state index in [1.165, 1.54) is 0 Å². The maximum atomic E-state index is 6.00. The Kier molecular flexibility index (Phi) is 3.56. The Morgan fingerprint density at radius 2 is 1.59 bits per heavy atom. The first-order valence-corrected chi connectivity index (χ1v) is 6.04. The topological polar surface area (TPSA) is 0 Å². The van der Waals surface area contributed by atoms with E-state index in [2.05, 4.69) is 12.6 Å². The fourth-order valence-corrected chi connectivity index (χ4v) is 2.21. The Balaban J connectivity index is 2.52. The summed E-state index contributed by atoms with van der Waals surface area (Å²) in [5.41, 5.74) is 4.28. The Hall–Kier alpha value is -1.24. The fourth-order valence-electron chi connectivity index (χ4n) is 1.68. The Morgan fingerprint density at radius 1 is 0.941 bits per heavy atom. The molecule has 2 aromatic carbocycles. The predicted molar refractivity (Wildman–Crippen MR) is 76.6 cm³/mol. The molecule has 2 aromatic rings. The molecule has 0 saturated heterocycles. The molecule has 2 heteroatoms. The highest BCUT2D eigenvalue weighted by Gasteiger charge is 2.02. The van der Waals surface area contributed by atoms with E-state index < -0.39 is 0 Å². The molecular weight excluding hydrogens is 251 g/mol. The highest BCUT2D eigenvalue weighted by atomic mass is 35.5. The molecule has 0 heterocycles. The molecule has 0 radical (unpaired) electrons. The maximum Gasteiger partial charge on any atom is 0.0426 e. The summed E-state index contributed by atoms with van der Waals surface area (Å²) in [5.74, 6) is 0. The zero-order valence-corrected chi connectivity index (χ0v) is 11.0. The average Bonchev–Trinajstić information content (AvgIpc) is 2.28. The number of hydrogen-bond donors (Lipinski definition) is 0. The van der Waals surface area contributed by atoms with Gasteiger partial charge in [-0.3, -0.25) is 0 Å². The Morgan fingerprint density at radius 3 is 2.18 bits per heavy atom. The van der Waals surface area contributed by atoms with Crippen molar-refractivity contribution in [3.8, 4) is 11.1 Å². The molecular formula is C15H12Cl2. The second kappa shape index (κ2) is 4.95. The Bertz CT molecular complexity index is 551. The summed E-state index contributed by atoms with van der Waals surface area (Å²) in [6.07, 6.45) is 0. The summed E-state index contributed by atoms with van der Waals surface area (Å²) in [7, 11) is 0. The summed E-state index contributed by atoms with van der Waals surface area (Å²) in [6, 6.07) is 13.7. The van der Waals surface area contributed by atoms with Gasteiger partial charge in [0.15, 0.2) is 0 Å². The number of rotatable bonds is 2. The lowest BCUT2D eigenvalue weighted by Gasteiger charge is -2.06. The van der Waals surface area contributed by atoms with Crippen LogP contribution in [0.1, 0.15) is 12.5 Å². The van der Waals surface area contributed by atoms with Gasteiger partial charge >= 0.3 is 0 Å². The van der Waals surface area contributed by atoms with E-state index in [0.29, 0.717) is 10.0 Å². The molecule has 0 aromatic heterocycles. The molecule has 0 spiro atoms. The van der Waals surface area contributed by atoms with Crippen LogP contribution in [0.5, 0.6) is 0 Å². The van der Waals surface area contributed by atoms with Gasteiger partial charge in [-0.1, -0.05) is 53.6 Å². The zero-order chi connectivity index (χ0) is 12.4. The molecule has 0 N–H and O–H groups in total. The molecule has 17 heavy (non-hydrogen) atoms.